The highest BCUT2D eigenvalue weighted by Gasteiger charge is 2.15. The molecule has 0 spiro atoms. The molecule has 2 aromatic carbocycles. The van der Waals surface area contributed by atoms with Crippen molar-refractivity contribution in [3.05, 3.63) is 58.1 Å². The van der Waals surface area contributed by atoms with Gasteiger partial charge in [0, 0.05) is 18.7 Å². The van der Waals surface area contributed by atoms with E-state index in [4.69, 9.17) is 0 Å². The van der Waals surface area contributed by atoms with Crippen LogP contribution >= 0.6 is 0 Å². The number of aliphatic hydroxyl groups excluding tert-OH is 1. The van der Waals surface area contributed by atoms with Gasteiger partial charge in [-0.15, -0.1) is 0 Å². The van der Waals surface area contributed by atoms with Crippen LogP contribution in [0.2, 0.25) is 0 Å². The van der Waals surface area contributed by atoms with Crippen molar-refractivity contribution in [3.8, 4) is 11.1 Å². The molecule has 0 radical (unpaired) electrons. The lowest BCUT2D eigenvalue weighted by Gasteiger charge is -2.10. The van der Waals surface area contributed by atoms with Crippen molar-refractivity contribution < 1.29 is 18.4 Å². The largest absolute Gasteiger partial charge is 0.392 e. The van der Waals surface area contributed by atoms with Crippen LogP contribution in [0, 0.1) is 17.0 Å². The second-order valence-corrected chi connectivity index (χ2v) is 7.25. The second kappa shape index (κ2) is 7.08. The zero-order chi connectivity index (χ0) is 17.9. The van der Waals surface area contributed by atoms with Crippen LogP contribution in [0.1, 0.15) is 12.5 Å². The lowest BCUT2D eigenvalue weighted by atomic mass is 10.00. The maximum Gasteiger partial charge on any atom is 0.270 e. The van der Waals surface area contributed by atoms with Crippen LogP contribution in [0.4, 0.5) is 5.69 Å². The van der Waals surface area contributed by atoms with E-state index in [-0.39, 0.29) is 17.1 Å². The monoisotopic (exact) mass is 350 g/mol. The second-order valence-electron chi connectivity index (χ2n) is 5.48. The molecule has 0 saturated heterocycles. The Labute approximate surface area is 140 Å². The molecule has 7 nitrogen and oxygen atoms in total. The molecule has 0 aliphatic carbocycles. The van der Waals surface area contributed by atoms with Gasteiger partial charge in [0.2, 0.25) is 10.0 Å². The summed E-state index contributed by atoms with van der Waals surface area (Å²) in [5.74, 6) is 0. The molecule has 0 fully saturated rings. The highest BCUT2D eigenvalue weighted by Crippen LogP contribution is 2.28. The fraction of sp³-hybridized carbons (Fsp3) is 0.250. The smallest absolute Gasteiger partial charge is 0.270 e. The number of non-ortho nitro benzene ring substituents is 1. The van der Waals surface area contributed by atoms with E-state index in [9.17, 15) is 23.6 Å². The Morgan fingerprint density at radius 3 is 2.38 bits per heavy atom. The van der Waals surface area contributed by atoms with Crippen molar-refractivity contribution in [2.24, 2.45) is 0 Å². The topological polar surface area (TPSA) is 110 Å². The van der Waals surface area contributed by atoms with Gasteiger partial charge in [-0.1, -0.05) is 18.2 Å². The van der Waals surface area contributed by atoms with Gasteiger partial charge in [-0.3, -0.25) is 10.1 Å². The first-order chi connectivity index (χ1) is 11.2. The first-order valence-electron chi connectivity index (χ1n) is 7.24. The van der Waals surface area contributed by atoms with Crippen LogP contribution in [0.5, 0.6) is 0 Å². The molecule has 0 amide bonds. The fourth-order valence-corrected chi connectivity index (χ4v) is 3.28. The number of aryl methyl sites for hydroxylation is 1. The van der Waals surface area contributed by atoms with Crippen molar-refractivity contribution in [1.29, 1.82) is 0 Å². The van der Waals surface area contributed by atoms with E-state index in [1.165, 1.54) is 31.2 Å². The van der Waals surface area contributed by atoms with E-state index in [0.717, 1.165) is 5.56 Å². The van der Waals surface area contributed by atoms with E-state index < -0.39 is 21.1 Å². The van der Waals surface area contributed by atoms with Crippen LogP contribution in [0.15, 0.2) is 47.4 Å². The maximum absolute atomic E-state index is 12.1. The Morgan fingerprint density at radius 2 is 1.83 bits per heavy atom. The minimum absolute atomic E-state index is 0.0223. The molecule has 0 aromatic heterocycles. The zero-order valence-electron chi connectivity index (χ0n) is 13.3. The number of nitro groups is 1. The SMILES string of the molecule is Cc1ccc([N+](=O)[O-])cc1-c1ccc(S(=O)(=O)NCC(C)O)cc1. The molecule has 1 unspecified atom stereocenters. The number of hydrogen-bond acceptors (Lipinski definition) is 5. The molecule has 24 heavy (non-hydrogen) atoms. The standard InChI is InChI=1S/C16H18N2O5S/c1-11-3-6-14(18(20)21)9-16(11)13-4-7-15(8-5-13)24(22,23)17-10-12(2)19/h3-9,12,17,19H,10H2,1-2H3. The molecular weight excluding hydrogens is 332 g/mol. The summed E-state index contributed by atoms with van der Waals surface area (Å²) in [6.45, 7) is 3.23. The molecule has 0 heterocycles. The molecule has 2 N–H and O–H groups in total. The van der Waals surface area contributed by atoms with Crippen molar-refractivity contribution in [2.45, 2.75) is 24.8 Å². The Balaban J connectivity index is 2.33. The molecule has 8 heteroatoms. The quantitative estimate of drug-likeness (QED) is 0.613. The van der Waals surface area contributed by atoms with E-state index in [1.54, 1.807) is 18.2 Å². The van der Waals surface area contributed by atoms with Crippen LogP contribution in [-0.4, -0.2) is 31.1 Å². The first kappa shape index (κ1) is 18.1. The lowest BCUT2D eigenvalue weighted by Crippen LogP contribution is -2.30. The van der Waals surface area contributed by atoms with Crippen LogP contribution in [0.25, 0.3) is 11.1 Å². The number of nitrogens with one attached hydrogen (secondary N) is 1. The molecule has 2 rings (SSSR count). The summed E-state index contributed by atoms with van der Waals surface area (Å²) >= 11 is 0. The Morgan fingerprint density at radius 1 is 1.21 bits per heavy atom. The average molecular weight is 350 g/mol. The van der Waals surface area contributed by atoms with Gasteiger partial charge in [0.25, 0.3) is 5.69 Å². The van der Waals surface area contributed by atoms with Gasteiger partial charge in [0.05, 0.1) is 15.9 Å². The molecular formula is C16H18N2O5S. The van der Waals surface area contributed by atoms with Crippen LogP contribution in [-0.2, 0) is 10.0 Å². The minimum Gasteiger partial charge on any atom is -0.392 e. The minimum atomic E-state index is -3.70. The number of aliphatic hydroxyl groups is 1. The Hall–Kier alpha value is -2.29. The summed E-state index contributed by atoms with van der Waals surface area (Å²) in [6.07, 6.45) is -0.786. The normalized spacial score (nSPS) is 12.8. The molecule has 2 aromatic rings. The van der Waals surface area contributed by atoms with Gasteiger partial charge in [-0.05, 0) is 42.7 Å². The van der Waals surface area contributed by atoms with Gasteiger partial charge in [0.1, 0.15) is 0 Å². The number of rotatable bonds is 6. The summed E-state index contributed by atoms with van der Waals surface area (Å²) in [4.78, 5) is 10.5. The van der Waals surface area contributed by atoms with Gasteiger partial charge in [-0.25, -0.2) is 13.1 Å². The van der Waals surface area contributed by atoms with Crippen molar-refractivity contribution >= 4 is 15.7 Å². The van der Waals surface area contributed by atoms with E-state index in [0.29, 0.717) is 11.1 Å². The summed E-state index contributed by atoms with van der Waals surface area (Å²) in [5, 5.41) is 20.1. The molecule has 128 valence electrons. The highest BCUT2D eigenvalue weighted by atomic mass is 32.2. The predicted octanol–water partition coefficient (Wildman–Crippen LogP) is 2.23. The van der Waals surface area contributed by atoms with Gasteiger partial charge in [-0.2, -0.15) is 0 Å². The van der Waals surface area contributed by atoms with Gasteiger partial charge in [0.15, 0.2) is 0 Å². The Bertz CT molecular complexity index is 845. The van der Waals surface area contributed by atoms with Crippen molar-refractivity contribution in [3.63, 3.8) is 0 Å². The summed E-state index contributed by atoms with van der Waals surface area (Å²) < 4.78 is 26.5. The number of nitro benzene ring substituents is 1. The molecule has 1 atom stereocenters. The van der Waals surface area contributed by atoms with Gasteiger partial charge >= 0.3 is 0 Å². The lowest BCUT2D eigenvalue weighted by molar-refractivity contribution is -0.384. The molecule has 0 saturated carbocycles. The van der Waals surface area contributed by atoms with Gasteiger partial charge < -0.3 is 5.11 Å². The molecule has 0 aliphatic heterocycles. The first-order valence-corrected chi connectivity index (χ1v) is 8.72. The third kappa shape index (κ3) is 4.16. The van der Waals surface area contributed by atoms with Crippen molar-refractivity contribution in [1.82, 2.24) is 4.72 Å². The van der Waals surface area contributed by atoms with E-state index >= 15 is 0 Å². The summed E-state index contributed by atoms with van der Waals surface area (Å²) in [6, 6.07) is 10.6. The summed E-state index contributed by atoms with van der Waals surface area (Å²) in [7, 11) is -3.70. The number of sulfonamides is 1. The van der Waals surface area contributed by atoms with E-state index in [1.807, 2.05) is 6.92 Å². The molecule has 0 aliphatic rings. The highest BCUT2D eigenvalue weighted by molar-refractivity contribution is 7.89. The number of hydrogen-bond donors (Lipinski definition) is 2. The third-order valence-corrected chi connectivity index (χ3v) is 4.92. The van der Waals surface area contributed by atoms with E-state index in [2.05, 4.69) is 4.72 Å². The predicted molar refractivity (Wildman–Crippen MR) is 90.1 cm³/mol. The third-order valence-electron chi connectivity index (χ3n) is 3.48. The number of benzene rings is 2. The van der Waals surface area contributed by atoms with Crippen LogP contribution < -0.4 is 4.72 Å². The average Bonchev–Trinajstić information content (AvgIpc) is 2.53. The molecule has 0 bridgehead atoms. The zero-order valence-corrected chi connectivity index (χ0v) is 14.1. The van der Waals surface area contributed by atoms with Crippen molar-refractivity contribution in [2.75, 3.05) is 6.54 Å². The van der Waals surface area contributed by atoms with Crippen LogP contribution in [0.3, 0.4) is 0 Å². The number of nitrogens with zero attached hydrogens (tertiary/aromatic N) is 1. The maximum atomic E-state index is 12.1. The fourth-order valence-electron chi connectivity index (χ4n) is 2.16. The Kier molecular flexibility index (Phi) is 5.33. The summed E-state index contributed by atoms with van der Waals surface area (Å²) in [5.41, 5.74) is 2.19.